The molecule has 116 valence electrons. The number of aromatic nitrogens is 2. The number of amides is 1. The maximum absolute atomic E-state index is 12.1. The van der Waals surface area contributed by atoms with Crippen molar-refractivity contribution in [2.24, 2.45) is 5.92 Å². The summed E-state index contributed by atoms with van der Waals surface area (Å²) in [7, 11) is 1.80. The zero-order valence-corrected chi connectivity index (χ0v) is 12.5. The summed E-state index contributed by atoms with van der Waals surface area (Å²) in [6, 6.07) is 0. The highest BCUT2D eigenvalue weighted by Crippen LogP contribution is 2.38. The van der Waals surface area contributed by atoms with Crippen LogP contribution in [0.25, 0.3) is 0 Å². The smallest absolute Gasteiger partial charge is 0.227 e. The monoisotopic (exact) mass is 293 g/mol. The lowest BCUT2D eigenvalue weighted by molar-refractivity contribution is -0.130. The number of aliphatic hydroxyl groups is 1. The van der Waals surface area contributed by atoms with Crippen molar-refractivity contribution >= 4 is 5.91 Å². The van der Waals surface area contributed by atoms with Gasteiger partial charge in [-0.05, 0) is 25.7 Å². The van der Waals surface area contributed by atoms with Gasteiger partial charge >= 0.3 is 0 Å². The van der Waals surface area contributed by atoms with E-state index in [4.69, 9.17) is 4.52 Å². The van der Waals surface area contributed by atoms with E-state index in [-0.39, 0.29) is 17.9 Å². The van der Waals surface area contributed by atoms with E-state index in [1.807, 2.05) is 0 Å². The Balaban J connectivity index is 1.44. The first kappa shape index (κ1) is 14.5. The van der Waals surface area contributed by atoms with Gasteiger partial charge < -0.3 is 14.5 Å². The molecule has 1 aromatic heterocycles. The second-order valence-electron chi connectivity index (χ2n) is 6.35. The third kappa shape index (κ3) is 3.61. The second kappa shape index (κ2) is 6.13. The maximum Gasteiger partial charge on any atom is 0.227 e. The summed E-state index contributed by atoms with van der Waals surface area (Å²) >= 11 is 0. The molecule has 2 unspecified atom stereocenters. The number of nitrogens with zero attached hydrogens (tertiary/aromatic N) is 3. The summed E-state index contributed by atoms with van der Waals surface area (Å²) in [6.45, 7) is 0.636. The molecule has 2 atom stereocenters. The van der Waals surface area contributed by atoms with E-state index in [2.05, 4.69) is 10.1 Å². The van der Waals surface area contributed by atoms with Crippen LogP contribution in [0.1, 0.15) is 56.2 Å². The number of aryl methyl sites for hydroxylation is 1. The van der Waals surface area contributed by atoms with E-state index in [0.29, 0.717) is 31.2 Å². The van der Waals surface area contributed by atoms with Crippen molar-refractivity contribution in [1.82, 2.24) is 15.0 Å². The lowest BCUT2D eigenvalue weighted by atomic mass is 10.1. The van der Waals surface area contributed by atoms with Gasteiger partial charge in [0.25, 0.3) is 0 Å². The van der Waals surface area contributed by atoms with Gasteiger partial charge in [-0.2, -0.15) is 4.98 Å². The minimum absolute atomic E-state index is 0.0697. The van der Waals surface area contributed by atoms with Gasteiger partial charge in [-0.1, -0.05) is 11.6 Å². The van der Waals surface area contributed by atoms with E-state index in [1.54, 1.807) is 11.9 Å². The van der Waals surface area contributed by atoms with Crippen LogP contribution in [0.3, 0.4) is 0 Å². The summed E-state index contributed by atoms with van der Waals surface area (Å²) < 4.78 is 5.17. The summed E-state index contributed by atoms with van der Waals surface area (Å²) in [6.07, 6.45) is 5.83. The number of hydrogen-bond acceptors (Lipinski definition) is 5. The van der Waals surface area contributed by atoms with E-state index in [9.17, 15) is 9.90 Å². The van der Waals surface area contributed by atoms with Gasteiger partial charge in [-0.3, -0.25) is 4.79 Å². The van der Waals surface area contributed by atoms with Crippen LogP contribution in [0.5, 0.6) is 0 Å². The van der Waals surface area contributed by atoms with E-state index >= 15 is 0 Å². The molecule has 1 heterocycles. The normalized spacial score (nSPS) is 25.2. The van der Waals surface area contributed by atoms with Crippen molar-refractivity contribution in [1.29, 1.82) is 0 Å². The van der Waals surface area contributed by atoms with Crippen LogP contribution in [0.15, 0.2) is 4.52 Å². The molecule has 0 aromatic carbocycles. The average molecular weight is 293 g/mol. The van der Waals surface area contributed by atoms with Gasteiger partial charge in [0.2, 0.25) is 11.8 Å². The fraction of sp³-hybridized carbons (Fsp3) is 0.800. The molecule has 2 aliphatic rings. The largest absolute Gasteiger partial charge is 0.393 e. The third-order valence-corrected chi connectivity index (χ3v) is 4.53. The molecular weight excluding hydrogens is 270 g/mol. The van der Waals surface area contributed by atoms with Crippen LogP contribution in [0, 0.1) is 5.92 Å². The zero-order chi connectivity index (χ0) is 14.8. The molecule has 0 spiro atoms. The Morgan fingerprint density at radius 1 is 1.38 bits per heavy atom. The highest BCUT2D eigenvalue weighted by molar-refractivity contribution is 5.76. The maximum atomic E-state index is 12.1. The van der Waals surface area contributed by atoms with E-state index in [0.717, 1.165) is 37.9 Å². The minimum Gasteiger partial charge on any atom is -0.393 e. The average Bonchev–Trinajstić information content (AvgIpc) is 3.09. The van der Waals surface area contributed by atoms with Gasteiger partial charge in [0.15, 0.2) is 5.82 Å². The summed E-state index contributed by atoms with van der Waals surface area (Å²) in [5.74, 6) is 2.12. The Bertz CT molecular complexity index is 498. The molecule has 0 radical (unpaired) electrons. The number of rotatable bonds is 6. The Morgan fingerprint density at radius 3 is 2.86 bits per heavy atom. The fourth-order valence-electron chi connectivity index (χ4n) is 2.97. The van der Waals surface area contributed by atoms with Crippen molar-refractivity contribution in [3.8, 4) is 0 Å². The van der Waals surface area contributed by atoms with Crippen molar-refractivity contribution in [2.75, 3.05) is 13.6 Å². The Morgan fingerprint density at radius 2 is 2.19 bits per heavy atom. The van der Waals surface area contributed by atoms with Crippen molar-refractivity contribution in [2.45, 2.75) is 57.0 Å². The predicted molar refractivity (Wildman–Crippen MR) is 75.6 cm³/mol. The number of hydrogen-bond donors (Lipinski definition) is 1. The standard InChI is InChI=1S/C15H23N3O3/c1-18(9-11-3-2-4-12(11)19)14(20)8-7-13-16-15(17-21-13)10-5-6-10/h10-12,19H,2-9H2,1H3. The first-order chi connectivity index (χ1) is 10.1. The van der Waals surface area contributed by atoms with Crippen LogP contribution in [0.2, 0.25) is 0 Å². The molecule has 2 aliphatic carbocycles. The molecule has 2 fully saturated rings. The molecule has 6 nitrogen and oxygen atoms in total. The van der Waals surface area contributed by atoms with Gasteiger partial charge in [0, 0.05) is 38.3 Å². The fourth-order valence-corrected chi connectivity index (χ4v) is 2.97. The molecule has 6 heteroatoms. The van der Waals surface area contributed by atoms with Crippen LogP contribution in [-0.4, -0.2) is 45.8 Å². The molecule has 1 amide bonds. The molecule has 0 bridgehead atoms. The van der Waals surface area contributed by atoms with Gasteiger partial charge in [-0.25, -0.2) is 0 Å². The highest BCUT2D eigenvalue weighted by atomic mass is 16.5. The molecule has 21 heavy (non-hydrogen) atoms. The first-order valence-corrected chi connectivity index (χ1v) is 7.88. The Labute approximate surface area is 124 Å². The topological polar surface area (TPSA) is 79.5 Å². The number of aliphatic hydroxyl groups excluding tert-OH is 1. The first-order valence-electron chi connectivity index (χ1n) is 7.88. The Hall–Kier alpha value is -1.43. The summed E-state index contributed by atoms with van der Waals surface area (Å²) in [4.78, 5) is 18.2. The summed E-state index contributed by atoms with van der Waals surface area (Å²) in [5, 5.41) is 13.8. The molecule has 0 aliphatic heterocycles. The Kier molecular flexibility index (Phi) is 4.24. The SMILES string of the molecule is CN(CC1CCCC1O)C(=O)CCc1nc(C2CC2)no1. The van der Waals surface area contributed by atoms with Crippen LogP contribution in [-0.2, 0) is 11.2 Å². The molecule has 0 saturated heterocycles. The quantitative estimate of drug-likeness (QED) is 0.859. The van der Waals surface area contributed by atoms with E-state index in [1.165, 1.54) is 0 Å². The van der Waals surface area contributed by atoms with Gasteiger partial charge in [-0.15, -0.1) is 0 Å². The lowest BCUT2D eigenvalue weighted by Crippen LogP contribution is -2.34. The highest BCUT2D eigenvalue weighted by Gasteiger charge is 2.29. The van der Waals surface area contributed by atoms with Crippen molar-refractivity contribution in [3.05, 3.63) is 11.7 Å². The number of carbonyl (C=O) groups is 1. The van der Waals surface area contributed by atoms with Gasteiger partial charge in [0.05, 0.1) is 6.10 Å². The zero-order valence-electron chi connectivity index (χ0n) is 12.5. The van der Waals surface area contributed by atoms with Crippen LogP contribution in [0.4, 0.5) is 0 Å². The van der Waals surface area contributed by atoms with Crippen molar-refractivity contribution in [3.63, 3.8) is 0 Å². The minimum atomic E-state index is -0.253. The molecule has 1 N–H and O–H groups in total. The van der Waals surface area contributed by atoms with Crippen molar-refractivity contribution < 1.29 is 14.4 Å². The molecule has 1 aromatic rings. The second-order valence-corrected chi connectivity index (χ2v) is 6.35. The lowest BCUT2D eigenvalue weighted by Gasteiger charge is -2.23. The molecule has 3 rings (SSSR count). The predicted octanol–water partition coefficient (Wildman–Crippen LogP) is 1.50. The molecule has 2 saturated carbocycles. The van der Waals surface area contributed by atoms with Crippen LogP contribution < -0.4 is 0 Å². The van der Waals surface area contributed by atoms with Crippen LogP contribution >= 0.6 is 0 Å². The number of carbonyl (C=O) groups excluding carboxylic acids is 1. The molecular formula is C15H23N3O3. The third-order valence-electron chi connectivity index (χ3n) is 4.53. The van der Waals surface area contributed by atoms with E-state index < -0.39 is 0 Å². The summed E-state index contributed by atoms with van der Waals surface area (Å²) in [5.41, 5.74) is 0. The van der Waals surface area contributed by atoms with Gasteiger partial charge in [0.1, 0.15) is 0 Å².